The number of H-pyrrole nitrogens is 1. The predicted octanol–water partition coefficient (Wildman–Crippen LogP) is 3.38. The van der Waals surface area contributed by atoms with Crippen LogP contribution < -0.4 is 0 Å². The van der Waals surface area contributed by atoms with Crippen LogP contribution in [0.4, 0.5) is 0 Å². The maximum Gasteiger partial charge on any atom is 0.340 e. The molecule has 0 amide bonds. The van der Waals surface area contributed by atoms with Gasteiger partial charge in [0, 0.05) is 11.4 Å². The number of thioether (sulfide) groups is 1. The number of esters is 1. The van der Waals surface area contributed by atoms with Crippen molar-refractivity contribution in [1.29, 1.82) is 0 Å². The van der Waals surface area contributed by atoms with E-state index in [1.54, 1.807) is 25.5 Å². The fraction of sp³-hybridized carbons (Fsp3) is 0.350. The fourth-order valence-electron chi connectivity index (χ4n) is 3.29. The first kappa shape index (κ1) is 20.8. The van der Waals surface area contributed by atoms with Crippen molar-refractivity contribution in [2.45, 2.75) is 39.8 Å². The highest BCUT2D eigenvalue weighted by atomic mass is 32.2. The third-order valence-electron chi connectivity index (χ3n) is 4.36. The van der Waals surface area contributed by atoms with E-state index in [0.29, 0.717) is 27.7 Å². The number of aromatic nitrogens is 5. The maximum atomic E-state index is 12.9. The van der Waals surface area contributed by atoms with Crippen LogP contribution in [-0.4, -0.2) is 49.3 Å². The highest BCUT2D eigenvalue weighted by Gasteiger charge is 2.25. The van der Waals surface area contributed by atoms with Crippen molar-refractivity contribution in [3.05, 3.63) is 51.8 Å². The summed E-state index contributed by atoms with van der Waals surface area (Å²) < 4.78 is 6.72. The normalized spacial score (nSPS) is 10.9. The second-order valence-corrected chi connectivity index (χ2v) is 7.72. The van der Waals surface area contributed by atoms with Crippen LogP contribution in [-0.2, 0) is 4.74 Å². The molecule has 0 spiro atoms. The number of ketones is 1. The number of nitrogens with zero attached hydrogens (tertiary/aromatic N) is 4. The Labute approximate surface area is 173 Å². The summed E-state index contributed by atoms with van der Waals surface area (Å²) in [5, 5.41) is 12.4. The molecule has 0 aliphatic rings. The van der Waals surface area contributed by atoms with E-state index in [1.807, 2.05) is 26.0 Å². The number of aromatic amines is 1. The molecule has 2 heterocycles. The number of rotatable bonds is 7. The van der Waals surface area contributed by atoms with Crippen LogP contribution in [0.15, 0.2) is 23.4 Å². The first-order chi connectivity index (χ1) is 13.8. The second kappa shape index (κ2) is 8.60. The summed E-state index contributed by atoms with van der Waals surface area (Å²) >= 11 is 1.23. The van der Waals surface area contributed by atoms with Crippen LogP contribution in [0.2, 0.25) is 0 Å². The predicted molar refractivity (Wildman–Crippen MR) is 110 cm³/mol. The Morgan fingerprint density at radius 2 is 1.72 bits per heavy atom. The van der Waals surface area contributed by atoms with E-state index in [-0.39, 0.29) is 18.1 Å². The van der Waals surface area contributed by atoms with E-state index in [1.165, 1.54) is 11.8 Å². The summed E-state index contributed by atoms with van der Waals surface area (Å²) in [6, 6.07) is 6.03. The van der Waals surface area contributed by atoms with Gasteiger partial charge in [0.15, 0.2) is 5.78 Å². The molecular weight excluding hydrogens is 390 g/mol. The molecule has 8 nitrogen and oxygen atoms in total. The van der Waals surface area contributed by atoms with Gasteiger partial charge < -0.3 is 9.72 Å². The van der Waals surface area contributed by atoms with Crippen molar-refractivity contribution in [2.75, 3.05) is 12.4 Å². The first-order valence-corrected chi connectivity index (χ1v) is 10.2. The molecule has 9 heteroatoms. The minimum atomic E-state index is -0.497. The fourth-order valence-corrected chi connectivity index (χ4v) is 4.06. The summed E-state index contributed by atoms with van der Waals surface area (Å²) in [5.41, 5.74) is 4.95. The lowest BCUT2D eigenvalue weighted by Gasteiger charge is -2.07. The maximum absolute atomic E-state index is 12.9. The quantitative estimate of drug-likeness (QED) is 0.360. The van der Waals surface area contributed by atoms with Gasteiger partial charge >= 0.3 is 5.97 Å². The third-order valence-corrected chi connectivity index (χ3v) is 5.28. The zero-order chi connectivity index (χ0) is 21.1. The second-order valence-electron chi connectivity index (χ2n) is 6.78. The zero-order valence-corrected chi connectivity index (χ0v) is 17.9. The number of carbonyl (C=O) groups excluding carboxylic acids is 2. The number of ether oxygens (including phenoxy) is 1. The third kappa shape index (κ3) is 4.40. The highest BCUT2D eigenvalue weighted by Crippen LogP contribution is 2.25. The van der Waals surface area contributed by atoms with Crippen LogP contribution in [0.3, 0.4) is 0 Å². The van der Waals surface area contributed by atoms with Crippen molar-refractivity contribution in [3.63, 3.8) is 0 Å². The van der Waals surface area contributed by atoms with Crippen molar-refractivity contribution in [1.82, 2.24) is 25.2 Å². The van der Waals surface area contributed by atoms with Gasteiger partial charge in [0.05, 0.1) is 29.2 Å². The number of benzene rings is 1. The number of hydrogen-bond donors (Lipinski definition) is 1. The Balaban J connectivity index is 1.83. The monoisotopic (exact) mass is 413 g/mol. The van der Waals surface area contributed by atoms with Gasteiger partial charge in [-0.25, -0.2) is 4.79 Å². The summed E-state index contributed by atoms with van der Waals surface area (Å²) in [5.74, 6) is -0.590. The summed E-state index contributed by atoms with van der Waals surface area (Å²) in [7, 11) is 0. The largest absolute Gasteiger partial charge is 0.462 e. The molecule has 0 saturated heterocycles. The average Bonchev–Trinajstić information content (AvgIpc) is 3.22. The molecule has 1 aromatic carbocycles. The summed E-state index contributed by atoms with van der Waals surface area (Å²) in [6.07, 6.45) is 0. The van der Waals surface area contributed by atoms with Gasteiger partial charge in [-0.3, -0.25) is 4.79 Å². The molecule has 3 aromatic rings. The van der Waals surface area contributed by atoms with Gasteiger partial charge in [-0.1, -0.05) is 17.8 Å². The van der Waals surface area contributed by atoms with E-state index in [2.05, 4.69) is 26.6 Å². The van der Waals surface area contributed by atoms with Crippen LogP contribution in [0.5, 0.6) is 0 Å². The number of tetrazole rings is 1. The number of hydrogen-bond acceptors (Lipinski definition) is 7. The van der Waals surface area contributed by atoms with Gasteiger partial charge in [0.1, 0.15) is 0 Å². The Morgan fingerprint density at radius 3 is 2.38 bits per heavy atom. The SMILES string of the molecule is CCOC(=O)c1c(C)[nH]c(C)c1C(=O)CSc1nnnn1-c1cc(C)cc(C)c1. The lowest BCUT2D eigenvalue weighted by molar-refractivity contribution is 0.0522. The minimum Gasteiger partial charge on any atom is -0.462 e. The molecule has 2 aromatic heterocycles. The van der Waals surface area contributed by atoms with Crippen LogP contribution in [0.25, 0.3) is 5.69 Å². The summed E-state index contributed by atoms with van der Waals surface area (Å²) in [6.45, 7) is 9.51. The Bertz CT molecular complexity index is 1050. The highest BCUT2D eigenvalue weighted by molar-refractivity contribution is 7.99. The molecule has 0 aliphatic heterocycles. The molecule has 29 heavy (non-hydrogen) atoms. The Morgan fingerprint density at radius 1 is 1.07 bits per heavy atom. The van der Waals surface area contributed by atoms with Crippen molar-refractivity contribution in [2.24, 2.45) is 0 Å². The van der Waals surface area contributed by atoms with E-state index in [9.17, 15) is 9.59 Å². The van der Waals surface area contributed by atoms with Crippen LogP contribution >= 0.6 is 11.8 Å². The molecular formula is C20H23N5O3S. The molecule has 0 fully saturated rings. The first-order valence-electron chi connectivity index (χ1n) is 9.21. The molecule has 0 radical (unpaired) electrons. The van der Waals surface area contributed by atoms with Crippen molar-refractivity contribution < 1.29 is 14.3 Å². The van der Waals surface area contributed by atoms with E-state index in [4.69, 9.17) is 4.74 Å². The minimum absolute atomic E-state index is 0.0930. The lowest BCUT2D eigenvalue weighted by atomic mass is 10.1. The standard InChI is InChI=1S/C20H23N5O3S/c1-6-28-19(27)18-14(5)21-13(4)17(18)16(26)10-29-20-22-23-24-25(20)15-8-11(2)7-12(3)9-15/h7-9,21H,6,10H2,1-5H3. The van der Waals surface area contributed by atoms with Gasteiger partial charge in [0.25, 0.3) is 0 Å². The topological polar surface area (TPSA) is 103 Å². The molecule has 0 aliphatic carbocycles. The van der Waals surface area contributed by atoms with Crippen LogP contribution in [0, 0.1) is 27.7 Å². The number of aryl methyl sites for hydroxylation is 4. The Kier molecular flexibility index (Phi) is 6.17. The van der Waals surface area contributed by atoms with Gasteiger partial charge in [0.2, 0.25) is 5.16 Å². The van der Waals surface area contributed by atoms with Crippen molar-refractivity contribution in [3.8, 4) is 5.69 Å². The molecule has 0 atom stereocenters. The molecule has 1 N–H and O–H groups in total. The van der Waals surface area contributed by atoms with E-state index in [0.717, 1.165) is 16.8 Å². The zero-order valence-electron chi connectivity index (χ0n) is 17.1. The average molecular weight is 414 g/mol. The molecule has 0 bridgehead atoms. The van der Waals surface area contributed by atoms with Gasteiger partial charge in [-0.15, -0.1) is 5.10 Å². The smallest absolute Gasteiger partial charge is 0.340 e. The molecule has 0 saturated carbocycles. The molecule has 152 valence electrons. The molecule has 0 unspecified atom stereocenters. The van der Waals surface area contributed by atoms with Gasteiger partial charge in [-0.05, 0) is 68.3 Å². The number of nitrogens with one attached hydrogen (secondary N) is 1. The lowest BCUT2D eigenvalue weighted by Crippen LogP contribution is -2.13. The molecule has 3 rings (SSSR count). The van der Waals surface area contributed by atoms with Crippen molar-refractivity contribution >= 4 is 23.5 Å². The van der Waals surface area contributed by atoms with Gasteiger partial charge in [-0.2, -0.15) is 4.68 Å². The number of Topliss-reactive ketones (excluding diaryl/α,β-unsaturated/α-hetero) is 1. The number of carbonyl (C=O) groups is 2. The van der Waals surface area contributed by atoms with Crippen LogP contribution in [0.1, 0.15) is 50.2 Å². The van der Waals surface area contributed by atoms with E-state index >= 15 is 0 Å². The van der Waals surface area contributed by atoms with E-state index < -0.39 is 5.97 Å². The Hall–Kier alpha value is -2.94. The summed E-state index contributed by atoms with van der Waals surface area (Å²) in [4.78, 5) is 28.3.